The lowest BCUT2D eigenvalue weighted by Gasteiger charge is -2.46. The van der Waals surface area contributed by atoms with E-state index in [2.05, 4.69) is 13.8 Å². The molecule has 2 fully saturated rings. The molecule has 0 radical (unpaired) electrons. The summed E-state index contributed by atoms with van der Waals surface area (Å²) in [6.07, 6.45) is 5.77. The van der Waals surface area contributed by atoms with Gasteiger partial charge in [-0.25, -0.2) is 0 Å². The number of hydrogen-bond donors (Lipinski definition) is 1. The van der Waals surface area contributed by atoms with E-state index < -0.39 is 0 Å². The Morgan fingerprint density at radius 3 is 2.17 bits per heavy atom. The molecule has 3 nitrogen and oxygen atoms in total. The van der Waals surface area contributed by atoms with E-state index in [9.17, 15) is 0 Å². The molecule has 0 amide bonds. The third kappa shape index (κ3) is 2.89. The van der Waals surface area contributed by atoms with Crippen LogP contribution in [0.5, 0.6) is 0 Å². The molecule has 2 aliphatic rings. The van der Waals surface area contributed by atoms with Crippen molar-refractivity contribution in [3.63, 3.8) is 0 Å². The Bertz CT molecular complexity index is 253. The van der Waals surface area contributed by atoms with Crippen LogP contribution < -0.4 is 5.73 Å². The second kappa shape index (κ2) is 5.89. The Balaban J connectivity index is 2.05. The van der Waals surface area contributed by atoms with Crippen LogP contribution in [0.15, 0.2) is 0 Å². The summed E-state index contributed by atoms with van der Waals surface area (Å²) in [6, 6.07) is 0.164. The molecule has 3 unspecified atom stereocenters. The van der Waals surface area contributed by atoms with Crippen molar-refractivity contribution < 1.29 is 9.47 Å². The molecule has 0 spiro atoms. The van der Waals surface area contributed by atoms with Gasteiger partial charge in [-0.05, 0) is 37.0 Å². The van der Waals surface area contributed by atoms with Gasteiger partial charge in [0.05, 0.1) is 5.60 Å². The summed E-state index contributed by atoms with van der Waals surface area (Å²) in [5.41, 5.74) is 6.47. The van der Waals surface area contributed by atoms with Gasteiger partial charge in [0.25, 0.3) is 0 Å². The van der Waals surface area contributed by atoms with Crippen LogP contribution in [0, 0.1) is 17.8 Å². The zero-order valence-corrected chi connectivity index (χ0v) is 12.2. The molecule has 1 aliphatic carbocycles. The second-order valence-electron chi connectivity index (χ2n) is 6.58. The van der Waals surface area contributed by atoms with E-state index in [0.717, 1.165) is 37.9 Å². The molecular formula is C15H29NO2. The van der Waals surface area contributed by atoms with E-state index in [-0.39, 0.29) is 11.6 Å². The minimum atomic E-state index is -0.139. The highest BCUT2D eigenvalue weighted by Gasteiger charge is 2.43. The summed E-state index contributed by atoms with van der Waals surface area (Å²) >= 11 is 0. The minimum absolute atomic E-state index is 0.139. The molecule has 0 aromatic carbocycles. The van der Waals surface area contributed by atoms with Gasteiger partial charge in [-0.3, -0.25) is 0 Å². The van der Waals surface area contributed by atoms with E-state index in [4.69, 9.17) is 15.2 Å². The van der Waals surface area contributed by atoms with Crippen molar-refractivity contribution in [1.82, 2.24) is 0 Å². The summed E-state index contributed by atoms with van der Waals surface area (Å²) in [5, 5.41) is 0. The highest BCUT2D eigenvalue weighted by Crippen LogP contribution is 2.40. The van der Waals surface area contributed by atoms with E-state index in [1.807, 2.05) is 7.11 Å². The maximum Gasteiger partial charge on any atom is 0.0875 e. The van der Waals surface area contributed by atoms with Gasteiger partial charge in [-0.2, -0.15) is 0 Å². The normalized spacial score (nSPS) is 38.3. The molecule has 106 valence electrons. The predicted octanol–water partition coefficient (Wildman–Crippen LogP) is 2.58. The van der Waals surface area contributed by atoms with E-state index in [0.29, 0.717) is 5.92 Å². The van der Waals surface area contributed by atoms with Crippen molar-refractivity contribution in [2.45, 2.75) is 57.6 Å². The summed E-state index contributed by atoms with van der Waals surface area (Å²) in [6.45, 7) is 6.30. The average Bonchev–Trinajstić information content (AvgIpc) is 2.37. The average molecular weight is 255 g/mol. The Morgan fingerprint density at radius 2 is 1.67 bits per heavy atom. The summed E-state index contributed by atoms with van der Waals surface area (Å²) in [5.74, 6) is 2.22. The standard InChI is InChI=1S/C15H29NO2/c1-11-8-12(2)10-13(9-11)14(16)15(17-3)4-6-18-7-5-15/h11-14H,4-10,16H2,1-3H3. The number of methoxy groups -OCH3 is 1. The maximum absolute atomic E-state index is 6.61. The van der Waals surface area contributed by atoms with Gasteiger partial charge in [-0.15, -0.1) is 0 Å². The fourth-order valence-electron chi connectivity index (χ4n) is 4.12. The van der Waals surface area contributed by atoms with Gasteiger partial charge < -0.3 is 15.2 Å². The van der Waals surface area contributed by atoms with Gasteiger partial charge in [0.15, 0.2) is 0 Å². The second-order valence-corrected chi connectivity index (χ2v) is 6.58. The van der Waals surface area contributed by atoms with Crippen molar-refractivity contribution in [3.8, 4) is 0 Å². The van der Waals surface area contributed by atoms with E-state index in [1.165, 1.54) is 19.3 Å². The molecule has 18 heavy (non-hydrogen) atoms. The van der Waals surface area contributed by atoms with Crippen LogP contribution >= 0.6 is 0 Å². The predicted molar refractivity (Wildman–Crippen MR) is 73.4 cm³/mol. The smallest absolute Gasteiger partial charge is 0.0875 e. The quantitative estimate of drug-likeness (QED) is 0.843. The van der Waals surface area contributed by atoms with Crippen LogP contribution in [-0.4, -0.2) is 32.0 Å². The van der Waals surface area contributed by atoms with Gasteiger partial charge in [0.1, 0.15) is 0 Å². The first-order chi connectivity index (χ1) is 8.57. The Morgan fingerprint density at radius 1 is 1.11 bits per heavy atom. The Labute approximate surface area is 111 Å². The highest BCUT2D eigenvalue weighted by atomic mass is 16.5. The topological polar surface area (TPSA) is 44.5 Å². The van der Waals surface area contributed by atoms with E-state index in [1.54, 1.807) is 0 Å². The monoisotopic (exact) mass is 255 g/mol. The SMILES string of the molecule is COC1(C(N)C2CC(C)CC(C)C2)CCOCC1. The van der Waals surface area contributed by atoms with Crippen molar-refractivity contribution in [3.05, 3.63) is 0 Å². The summed E-state index contributed by atoms with van der Waals surface area (Å²) in [7, 11) is 1.82. The van der Waals surface area contributed by atoms with Crippen LogP contribution in [0.2, 0.25) is 0 Å². The lowest BCUT2D eigenvalue weighted by molar-refractivity contribution is -0.117. The van der Waals surface area contributed by atoms with Crippen LogP contribution in [0.4, 0.5) is 0 Å². The van der Waals surface area contributed by atoms with Gasteiger partial charge >= 0.3 is 0 Å². The first kappa shape index (κ1) is 14.3. The molecule has 1 saturated carbocycles. The van der Waals surface area contributed by atoms with Gasteiger partial charge in [0, 0.05) is 39.2 Å². The zero-order valence-electron chi connectivity index (χ0n) is 12.2. The lowest BCUT2D eigenvalue weighted by atomic mass is 9.68. The lowest BCUT2D eigenvalue weighted by Crippen LogP contribution is -2.57. The first-order valence-electron chi connectivity index (χ1n) is 7.46. The molecule has 0 bridgehead atoms. The van der Waals surface area contributed by atoms with Gasteiger partial charge in [0.2, 0.25) is 0 Å². The van der Waals surface area contributed by atoms with Crippen LogP contribution in [-0.2, 0) is 9.47 Å². The van der Waals surface area contributed by atoms with E-state index >= 15 is 0 Å². The molecule has 3 heteroatoms. The summed E-state index contributed by atoms with van der Waals surface area (Å²) in [4.78, 5) is 0. The minimum Gasteiger partial charge on any atom is -0.381 e. The van der Waals surface area contributed by atoms with Gasteiger partial charge in [-0.1, -0.05) is 13.8 Å². The third-order valence-electron chi connectivity index (χ3n) is 5.08. The molecule has 2 N–H and O–H groups in total. The van der Waals surface area contributed by atoms with Crippen molar-refractivity contribution in [1.29, 1.82) is 0 Å². The number of hydrogen-bond acceptors (Lipinski definition) is 3. The Hall–Kier alpha value is -0.120. The zero-order chi connectivity index (χ0) is 13.2. The molecular weight excluding hydrogens is 226 g/mol. The molecule has 0 aromatic rings. The summed E-state index contributed by atoms with van der Waals surface area (Å²) < 4.78 is 11.3. The number of nitrogens with two attached hydrogens (primary N) is 1. The van der Waals surface area contributed by atoms with Crippen molar-refractivity contribution >= 4 is 0 Å². The molecule has 0 aromatic heterocycles. The Kier molecular flexibility index (Phi) is 4.68. The van der Waals surface area contributed by atoms with Crippen molar-refractivity contribution in [2.75, 3.05) is 20.3 Å². The fourth-order valence-corrected chi connectivity index (χ4v) is 4.12. The molecule has 1 aliphatic heterocycles. The largest absolute Gasteiger partial charge is 0.381 e. The van der Waals surface area contributed by atoms with Crippen LogP contribution in [0.1, 0.15) is 46.0 Å². The highest BCUT2D eigenvalue weighted by molar-refractivity contribution is 4.98. The number of ether oxygens (including phenoxy) is 2. The molecule has 3 atom stereocenters. The van der Waals surface area contributed by atoms with Crippen LogP contribution in [0.3, 0.4) is 0 Å². The number of rotatable bonds is 3. The molecule has 1 saturated heterocycles. The first-order valence-corrected chi connectivity index (χ1v) is 7.46. The van der Waals surface area contributed by atoms with Crippen LogP contribution in [0.25, 0.3) is 0 Å². The fraction of sp³-hybridized carbons (Fsp3) is 1.00. The molecule has 1 heterocycles. The molecule has 2 rings (SSSR count). The maximum atomic E-state index is 6.61. The third-order valence-corrected chi connectivity index (χ3v) is 5.08. The van der Waals surface area contributed by atoms with Crippen molar-refractivity contribution in [2.24, 2.45) is 23.5 Å².